The summed E-state index contributed by atoms with van der Waals surface area (Å²) >= 11 is 0. The van der Waals surface area contributed by atoms with Gasteiger partial charge >= 0.3 is 0 Å². The van der Waals surface area contributed by atoms with Gasteiger partial charge < -0.3 is 19.1 Å². The van der Waals surface area contributed by atoms with Crippen LogP contribution in [0.1, 0.15) is 19.8 Å². The maximum absolute atomic E-state index is 12.3. The topological polar surface area (TPSA) is 51.2 Å². The van der Waals surface area contributed by atoms with E-state index in [-0.39, 0.29) is 18.6 Å². The summed E-state index contributed by atoms with van der Waals surface area (Å²) in [5, 5.41) is 0. The molecular weight excluding hydrogens is 284 g/mol. The molecule has 3 fully saturated rings. The summed E-state index contributed by atoms with van der Waals surface area (Å²) in [5.41, 5.74) is 0. The average Bonchev–Trinajstić information content (AvgIpc) is 3.17. The van der Waals surface area contributed by atoms with E-state index in [4.69, 9.17) is 14.2 Å². The van der Waals surface area contributed by atoms with Gasteiger partial charge in [0.15, 0.2) is 0 Å². The van der Waals surface area contributed by atoms with Crippen LogP contribution in [-0.4, -0.2) is 87.1 Å². The van der Waals surface area contributed by atoms with Crippen molar-refractivity contribution in [1.29, 1.82) is 0 Å². The summed E-state index contributed by atoms with van der Waals surface area (Å²) in [6.07, 6.45) is 2.34. The smallest absolute Gasteiger partial charge is 0.248 e. The zero-order valence-corrected chi connectivity index (χ0v) is 13.5. The number of hydrogen-bond donors (Lipinski definition) is 0. The van der Waals surface area contributed by atoms with Crippen molar-refractivity contribution in [2.24, 2.45) is 5.92 Å². The van der Waals surface area contributed by atoms with Crippen molar-refractivity contribution in [1.82, 2.24) is 9.80 Å². The lowest BCUT2D eigenvalue weighted by Crippen LogP contribution is -2.47. The Hall–Kier alpha value is -0.690. The van der Waals surface area contributed by atoms with Gasteiger partial charge in [0, 0.05) is 38.8 Å². The highest BCUT2D eigenvalue weighted by atomic mass is 16.5. The molecule has 126 valence electrons. The number of rotatable bonds is 5. The fourth-order valence-corrected chi connectivity index (χ4v) is 3.68. The summed E-state index contributed by atoms with van der Waals surface area (Å²) in [5.74, 6) is 0.626. The molecule has 0 radical (unpaired) electrons. The summed E-state index contributed by atoms with van der Waals surface area (Å²) in [4.78, 5) is 16.7. The van der Waals surface area contributed by atoms with E-state index in [9.17, 15) is 4.79 Å². The lowest BCUT2D eigenvalue weighted by molar-refractivity contribution is -0.136. The molecule has 0 spiro atoms. The molecule has 3 aliphatic rings. The van der Waals surface area contributed by atoms with E-state index in [0.29, 0.717) is 18.6 Å². The van der Waals surface area contributed by atoms with E-state index in [1.165, 1.54) is 0 Å². The Morgan fingerprint density at radius 3 is 2.77 bits per heavy atom. The van der Waals surface area contributed by atoms with Crippen LogP contribution in [0.25, 0.3) is 0 Å². The lowest BCUT2D eigenvalue weighted by Gasteiger charge is -2.33. The number of likely N-dealkylation sites (tertiary alicyclic amines) is 1. The highest BCUT2D eigenvalue weighted by Gasteiger charge is 2.36. The van der Waals surface area contributed by atoms with E-state index < -0.39 is 0 Å². The van der Waals surface area contributed by atoms with Gasteiger partial charge in [-0.1, -0.05) is 6.92 Å². The van der Waals surface area contributed by atoms with Crippen molar-refractivity contribution >= 4 is 5.91 Å². The molecule has 0 aliphatic carbocycles. The predicted molar refractivity (Wildman–Crippen MR) is 81.7 cm³/mol. The highest BCUT2D eigenvalue weighted by molar-refractivity contribution is 5.77. The Labute approximate surface area is 132 Å². The molecule has 6 heteroatoms. The molecule has 3 saturated heterocycles. The summed E-state index contributed by atoms with van der Waals surface area (Å²) in [6, 6.07) is 0.464. The molecule has 0 aromatic carbocycles. The summed E-state index contributed by atoms with van der Waals surface area (Å²) < 4.78 is 16.5. The second-order valence-corrected chi connectivity index (χ2v) is 6.64. The van der Waals surface area contributed by atoms with Gasteiger partial charge in [0.2, 0.25) is 5.91 Å². The van der Waals surface area contributed by atoms with E-state index in [0.717, 1.165) is 58.8 Å². The number of nitrogens with zero attached hydrogens (tertiary/aromatic N) is 2. The standard InChI is InChI=1S/C16H28N2O4/c1-13-9-18(10-15(13)17-4-7-20-8-5-17)16(19)12-21-11-14-3-2-6-22-14/h13-15H,2-12H2,1H3/t13-,14-,15-/m1/s1. The van der Waals surface area contributed by atoms with Crippen molar-refractivity contribution in [3.63, 3.8) is 0 Å². The number of carbonyl (C=O) groups is 1. The van der Waals surface area contributed by atoms with Crippen LogP contribution in [0.2, 0.25) is 0 Å². The van der Waals surface area contributed by atoms with Crippen molar-refractivity contribution in [2.75, 3.05) is 59.2 Å². The van der Waals surface area contributed by atoms with Gasteiger partial charge in [0.25, 0.3) is 0 Å². The Morgan fingerprint density at radius 2 is 2.05 bits per heavy atom. The van der Waals surface area contributed by atoms with E-state index in [1.807, 2.05) is 4.90 Å². The van der Waals surface area contributed by atoms with Gasteiger partial charge in [-0.3, -0.25) is 9.69 Å². The Bertz CT molecular complexity index is 367. The zero-order chi connectivity index (χ0) is 15.4. The molecular formula is C16H28N2O4. The van der Waals surface area contributed by atoms with Crippen molar-refractivity contribution in [2.45, 2.75) is 31.9 Å². The van der Waals surface area contributed by atoms with Crippen LogP contribution >= 0.6 is 0 Å². The fraction of sp³-hybridized carbons (Fsp3) is 0.938. The van der Waals surface area contributed by atoms with Crippen LogP contribution < -0.4 is 0 Å². The van der Waals surface area contributed by atoms with Crippen molar-refractivity contribution in [3.8, 4) is 0 Å². The molecule has 0 aromatic heterocycles. The minimum absolute atomic E-state index is 0.112. The first-order valence-electron chi connectivity index (χ1n) is 8.53. The van der Waals surface area contributed by atoms with Crippen LogP contribution in [-0.2, 0) is 19.0 Å². The summed E-state index contributed by atoms with van der Waals surface area (Å²) in [7, 11) is 0. The molecule has 3 rings (SSSR count). The van der Waals surface area contributed by atoms with Crippen LogP contribution in [0.4, 0.5) is 0 Å². The van der Waals surface area contributed by atoms with Gasteiger partial charge in [-0.05, 0) is 18.8 Å². The van der Waals surface area contributed by atoms with Crippen LogP contribution in [0.15, 0.2) is 0 Å². The largest absolute Gasteiger partial charge is 0.379 e. The third-order valence-electron chi connectivity index (χ3n) is 4.99. The van der Waals surface area contributed by atoms with Gasteiger partial charge in [-0.25, -0.2) is 0 Å². The maximum atomic E-state index is 12.3. The molecule has 1 amide bonds. The van der Waals surface area contributed by atoms with Gasteiger partial charge in [-0.2, -0.15) is 0 Å². The molecule has 3 atom stereocenters. The number of hydrogen-bond acceptors (Lipinski definition) is 5. The molecule has 6 nitrogen and oxygen atoms in total. The minimum atomic E-state index is 0.112. The Morgan fingerprint density at radius 1 is 1.23 bits per heavy atom. The van der Waals surface area contributed by atoms with Gasteiger partial charge in [-0.15, -0.1) is 0 Å². The van der Waals surface area contributed by atoms with Crippen LogP contribution in [0.5, 0.6) is 0 Å². The lowest BCUT2D eigenvalue weighted by atomic mass is 10.0. The maximum Gasteiger partial charge on any atom is 0.248 e. The molecule has 0 unspecified atom stereocenters. The average molecular weight is 312 g/mol. The number of ether oxygens (including phenoxy) is 3. The molecule has 0 aromatic rings. The quantitative estimate of drug-likeness (QED) is 0.734. The number of amides is 1. The molecule has 3 heterocycles. The second kappa shape index (κ2) is 7.73. The number of morpholine rings is 1. The van der Waals surface area contributed by atoms with Crippen molar-refractivity contribution < 1.29 is 19.0 Å². The minimum Gasteiger partial charge on any atom is -0.379 e. The fourth-order valence-electron chi connectivity index (χ4n) is 3.68. The molecule has 0 N–H and O–H groups in total. The third-order valence-corrected chi connectivity index (χ3v) is 4.99. The Balaban J connectivity index is 1.41. The van der Waals surface area contributed by atoms with Crippen LogP contribution in [0, 0.1) is 5.92 Å². The normalized spacial score (nSPS) is 33.5. The van der Waals surface area contributed by atoms with Gasteiger partial charge in [0.1, 0.15) is 6.61 Å². The SMILES string of the molecule is C[C@@H]1CN(C(=O)COC[C@H]2CCCO2)C[C@H]1N1CCOCC1. The first kappa shape index (κ1) is 16.2. The molecule has 0 bridgehead atoms. The Kier molecular flexibility index (Phi) is 5.68. The monoisotopic (exact) mass is 312 g/mol. The molecule has 3 aliphatic heterocycles. The first-order valence-corrected chi connectivity index (χ1v) is 8.53. The number of carbonyl (C=O) groups excluding carboxylic acids is 1. The third kappa shape index (κ3) is 3.98. The second-order valence-electron chi connectivity index (χ2n) is 6.64. The van der Waals surface area contributed by atoms with E-state index in [1.54, 1.807) is 0 Å². The molecule has 22 heavy (non-hydrogen) atoms. The predicted octanol–water partition coefficient (Wildman–Crippen LogP) is 0.361. The highest BCUT2D eigenvalue weighted by Crippen LogP contribution is 2.23. The summed E-state index contributed by atoms with van der Waals surface area (Å²) in [6.45, 7) is 9.02. The zero-order valence-electron chi connectivity index (χ0n) is 13.5. The van der Waals surface area contributed by atoms with E-state index >= 15 is 0 Å². The first-order chi connectivity index (χ1) is 10.7. The van der Waals surface area contributed by atoms with E-state index in [2.05, 4.69) is 11.8 Å². The van der Waals surface area contributed by atoms with Crippen LogP contribution in [0.3, 0.4) is 0 Å². The van der Waals surface area contributed by atoms with Gasteiger partial charge in [0.05, 0.1) is 25.9 Å². The van der Waals surface area contributed by atoms with Crippen molar-refractivity contribution in [3.05, 3.63) is 0 Å². The molecule has 0 saturated carbocycles.